The third-order valence-electron chi connectivity index (χ3n) is 6.49. The van der Waals surface area contributed by atoms with Crippen molar-refractivity contribution in [1.29, 1.82) is 0 Å². The maximum atomic E-state index is 12.3. The molecule has 0 saturated carbocycles. The standard InChI is InChI=1S/C29H29N5OS/c1-19(2)28(35)31-23-15-14-22(18-20(23)3)34-27(26(32-29(34)36)24-12-7-8-16-30-24)25-13-9-17-33(25)21-10-5-4-6-11-21/h4-19,26-27H,1-3H3,(H,31,35)(H,32,36)/t26-,27-/m1/s1. The fraction of sp³-hybridized carbons (Fsp3) is 0.207. The fourth-order valence-corrected chi connectivity index (χ4v) is 4.95. The molecule has 1 saturated heterocycles. The number of aromatic nitrogens is 2. The van der Waals surface area contributed by atoms with Crippen LogP contribution in [0.25, 0.3) is 5.69 Å². The van der Waals surface area contributed by atoms with E-state index in [0.29, 0.717) is 5.11 Å². The molecule has 0 aliphatic carbocycles. The first kappa shape index (κ1) is 23.8. The van der Waals surface area contributed by atoms with E-state index in [1.165, 1.54) is 0 Å². The highest BCUT2D eigenvalue weighted by Gasteiger charge is 2.42. The Bertz CT molecular complexity index is 1380. The van der Waals surface area contributed by atoms with Gasteiger partial charge in [0.2, 0.25) is 5.91 Å². The first-order valence-electron chi connectivity index (χ1n) is 12.1. The van der Waals surface area contributed by atoms with Gasteiger partial charge in [0, 0.05) is 41.1 Å². The Morgan fingerprint density at radius 3 is 2.47 bits per heavy atom. The van der Waals surface area contributed by atoms with Gasteiger partial charge in [0.05, 0.1) is 11.7 Å². The summed E-state index contributed by atoms with van der Waals surface area (Å²) >= 11 is 5.90. The van der Waals surface area contributed by atoms with Crippen LogP contribution in [0.1, 0.15) is 42.9 Å². The molecule has 2 aromatic heterocycles. The van der Waals surface area contributed by atoms with Gasteiger partial charge in [-0.15, -0.1) is 0 Å². The van der Waals surface area contributed by atoms with E-state index in [-0.39, 0.29) is 23.9 Å². The maximum Gasteiger partial charge on any atom is 0.226 e. The molecule has 1 aliphatic rings. The number of carbonyl (C=O) groups is 1. The van der Waals surface area contributed by atoms with Gasteiger partial charge in [-0.25, -0.2) is 0 Å². The van der Waals surface area contributed by atoms with E-state index < -0.39 is 0 Å². The van der Waals surface area contributed by atoms with Crippen LogP contribution >= 0.6 is 12.2 Å². The second kappa shape index (κ2) is 9.95. The number of nitrogens with zero attached hydrogens (tertiary/aromatic N) is 3. The molecular weight excluding hydrogens is 466 g/mol. The predicted molar refractivity (Wildman–Crippen MR) is 148 cm³/mol. The van der Waals surface area contributed by atoms with Gasteiger partial charge in [0.15, 0.2) is 5.11 Å². The van der Waals surface area contributed by atoms with E-state index in [4.69, 9.17) is 12.2 Å². The number of amides is 1. The van der Waals surface area contributed by atoms with Crippen molar-refractivity contribution in [2.45, 2.75) is 32.9 Å². The van der Waals surface area contributed by atoms with Crippen LogP contribution in [0.5, 0.6) is 0 Å². The first-order valence-corrected chi connectivity index (χ1v) is 12.5. The number of hydrogen-bond acceptors (Lipinski definition) is 3. The van der Waals surface area contributed by atoms with Crippen molar-refractivity contribution in [2.75, 3.05) is 10.2 Å². The normalized spacial score (nSPS) is 17.3. The Kier molecular flexibility index (Phi) is 6.57. The quantitative estimate of drug-likeness (QED) is 0.324. The Morgan fingerprint density at radius 2 is 1.78 bits per heavy atom. The molecule has 0 bridgehead atoms. The lowest BCUT2D eigenvalue weighted by Crippen LogP contribution is -2.30. The van der Waals surface area contributed by atoms with Crippen LogP contribution in [0.4, 0.5) is 11.4 Å². The molecule has 2 atom stereocenters. The first-order chi connectivity index (χ1) is 17.4. The minimum Gasteiger partial charge on any atom is -0.351 e. The molecule has 6 nitrogen and oxygen atoms in total. The average Bonchev–Trinajstić information content (AvgIpc) is 3.50. The highest BCUT2D eigenvalue weighted by molar-refractivity contribution is 7.80. The zero-order valence-corrected chi connectivity index (χ0v) is 21.4. The fourth-order valence-electron chi connectivity index (χ4n) is 4.61. The number of anilines is 2. The van der Waals surface area contributed by atoms with Crippen molar-refractivity contribution in [1.82, 2.24) is 14.9 Å². The summed E-state index contributed by atoms with van der Waals surface area (Å²) in [5, 5.41) is 7.19. The number of hydrogen-bond donors (Lipinski definition) is 2. The van der Waals surface area contributed by atoms with Crippen molar-refractivity contribution < 1.29 is 4.79 Å². The van der Waals surface area contributed by atoms with Gasteiger partial charge in [-0.05, 0) is 79.3 Å². The zero-order valence-electron chi connectivity index (χ0n) is 20.6. The number of aryl methyl sites for hydroxylation is 1. The Balaban J connectivity index is 1.59. The number of rotatable bonds is 6. The topological polar surface area (TPSA) is 62.2 Å². The van der Waals surface area contributed by atoms with Gasteiger partial charge in [0.25, 0.3) is 0 Å². The molecule has 0 unspecified atom stereocenters. The van der Waals surface area contributed by atoms with Gasteiger partial charge in [0.1, 0.15) is 6.04 Å². The van der Waals surface area contributed by atoms with E-state index in [2.05, 4.69) is 61.6 Å². The van der Waals surface area contributed by atoms with E-state index in [0.717, 1.165) is 34.0 Å². The Hall–Kier alpha value is -3.97. The summed E-state index contributed by atoms with van der Waals surface area (Å²) in [7, 11) is 0. The molecule has 7 heteroatoms. The molecule has 0 radical (unpaired) electrons. The molecule has 36 heavy (non-hydrogen) atoms. The van der Waals surface area contributed by atoms with Crippen LogP contribution in [0.3, 0.4) is 0 Å². The van der Waals surface area contributed by atoms with Crippen LogP contribution in [0.15, 0.2) is 91.3 Å². The van der Waals surface area contributed by atoms with E-state index in [1.807, 2.05) is 75.5 Å². The lowest BCUT2D eigenvalue weighted by molar-refractivity contribution is -0.118. The largest absolute Gasteiger partial charge is 0.351 e. The van der Waals surface area contributed by atoms with Crippen molar-refractivity contribution in [3.05, 3.63) is 108 Å². The van der Waals surface area contributed by atoms with Crippen LogP contribution in [0, 0.1) is 12.8 Å². The number of para-hydroxylation sites is 1. The van der Waals surface area contributed by atoms with Gasteiger partial charge < -0.3 is 20.1 Å². The summed E-state index contributed by atoms with van der Waals surface area (Å²) < 4.78 is 2.20. The molecule has 0 spiro atoms. The molecule has 4 aromatic rings. The minimum atomic E-state index is -0.142. The number of thiocarbonyl (C=S) groups is 1. The second-order valence-corrected chi connectivity index (χ2v) is 9.67. The third kappa shape index (κ3) is 4.50. The molecule has 1 aliphatic heterocycles. The van der Waals surface area contributed by atoms with Crippen LogP contribution in [-0.4, -0.2) is 20.6 Å². The van der Waals surface area contributed by atoms with E-state index >= 15 is 0 Å². The summed E-state index contributed by atoms with van der Waals surface area (Å²) in [5.74, 6) is -0.0910. The average molecular weight is 496 g/mol. The van der Waals surface area contributed by atoms with Gasteiger partial charge in [-0.2, -0.15) is 0 Å². The smallest absolute Gasteiger partial charge is 0.226 e. The van der Waals surface area contributed by atoms with Gasteiger partial charge in [-0.3, -0.25) is 9.78 Å². The number of nitrogens with one attached hydrogen (secondary N) is 2. The molecule has 3 heterocycles. The SMILES string of the molecule is Cc1cc(N2C(=S)N[C@H](c3ccccn3)[C@H]2c2cccn2-c2ccccc2)ccc1NC(=O)C(C)C. The van der Waals surface area contributed by atoms with Crippen molar-refractivity contribution in [2.24, 2.45) is 5.92 Å². The Morgan fingerprint density at radius 1 is 1.00 bits per heavy atom. The minimum absolute atomic E-state index is 0.00186. The van der Waals surface area contributed by atoms with Crippen molar-refractivity contribution >= 4 is 34.6 Å². The van der Waals surface area contributed by atoms with Gasteiger partial charge in [-0.1, -0.05) is 38.1 Å². The molecule has 2 aromatic carbocycles. The second-order valence-electron chi connectivity index (χ2n) is 9.28. The third-order valence-corrected chi connectivity index (χ3v) is 6.80. The molecule has 1 fully saturated rings. The molecular formula is C29H29N5OS. The van der Waals surface area contributed by atoms with Crippen molar-refractivity contribution in [3.8, 4) is 5.69 Å². The van der Waals surface area contributed by atoms with Crippen LogP contribution < -0.4 is 15.5 Å². The summed E-state index contributed by atoms with van der Waals surface area (Å²) in [6.07, 6.45) is 3.89. The maximum absolute atomic E-state index is 12.3. The molecule has 5 rings (SSSR count). The summed E-state index contributed by atoms with van der Waals surface area (Å²) in [4.78, 5) is 19.1. The summed E-state index contributed by atoms with van der Waals surface area (Å²) in [5.41, 5.74) is 5.84. The van der Waals surface area contributed by atoms with E-state index in [9.17, 15) is 4.79 Å². The molecule has 1 amide bonds. The molecule has 182 valence electrons. The monoisotopic (exact) mass is 495 g/mol. The highest BCUT2D eigenvalue weighted by Crippen LogP contribution is 2.42. The number of carbonyl (C=O) groups excluding carboxylic acids is 1. The Labute approximate surface area is 217 Å². The zero-order chi connectivity index (χ0) is 25.2. The highest BCUT2D eigenvalue weighted by atomic mass is 32.1. The van der Waals surface area contributed by atoms with Crippen LogP contribution in [-0.2, 0) is 4.79 Å². The number of pyridine rings is 1. The number of benzene rings is 2. The van der Waals surface area contributed by atoms with Crippen LogP contribution in [0.2, 0.25) is 0 Å². The van der Waals surface area contributed by atoms with Gasteiger partial charge >= 0.3 is 0 Å². The van der Waals surface area contributed by atoms with Crippen molar-refractivity contribution in [3.63, 3.8) is 0 Å². The van der Waals surface area contributed by atoms with E-state index in [1.54, 1.807) is 0 Å². The lowest BCUT2D eigenvalue weighted by Gasteiger charge is -2.29. The summed E-state index contributed by atoms with van der Waals surface area (Å²) in [6.45, 7) is 5.78. The lowest BCUT2D eigenvalue weighted by atomic mass is 10.00. The summed E-state index contributed by atoms with van der Waals surface area (Å²) in [6, 6.07) is 26.2. The molecule has 2 N–H and O–H groups in total. The predicted octanol–water partition coefficient (Wildman–Crippen LogP) is 5.95.